The highest BCUT2D eigenvalue weighted by atomic mass is 16.5. The van der Waals surface area contributed by atoms with Gasteiger partial charge in [0.15, 0.2) is 0 Å². The molecule has 1 aliphatic rings. The minimum atomic E-state index is 0.0510. The van der Waals surface area contributed by atoms with E-state index in [9.17, 15) is 0 Å². The van der Waals surface area contributed by atoms with Crippen molar-refractivity contribution >= 4 is 0 Å². The van der Waals surface area contributed by atoms with Crippen LogP contribution >= 0.6 is 0 Å². The largest absolute Gasteiger partial charge is 0.382 e. The Labute approximate surface area is 75.5 Å². The highest BCUT2D eigenvalue weighted by molar-refractivity contribution is 4.95. The van der Waals surface area contributed by atoms with Crippen molar-refractivity contribution in [3.05, 3.63) is 0 Å². The van der Waals surface area contributed by atoms with Crippen LogP contribution in [0.3, 0.4) is 0 Å². The van der Waals surface area contributed by atoms with E-state index in [1.165, 1.54) is 19.3 Å². The molecule has 2 nitrogen and oxygen atoms in total. The number of ether oxygens (including phenoxy) is 1. The molecule has 0 saturated heterocycles. The summed E-state index contributed by atoms with van der Waals surface area (Å²) in [6.45, 7) is 4.36. The lowest BCUT2D eigenvalue weighted by Crippen LogP contribution is -2.44. The number of nitrogens with two attached hydrogens (primary N) is 1. The summed E-state index contributed by atoms with van der Waals surface area (Å²) in [5.41, 5.74) is 6.35. The Morgan fingerprint density at radius 3 is 2.75 bits per heavy atom. The monoisotopic (exact) mass is 171 g/mol. The van der Waals surface area contributed by atoms with Gasteiger partial charge in [-0.2, -0.15) is 0 Å². The van der Waals surface area contributed by atoms with Crippen LogP contribution in [-0.4, -0.2) is 18.8 Å². The van der Waals surface area contributed by atoms with Crippen molar-refractivity contribution in [2.75, 3.05) is 7.11 Å². The lowest BCUT2D eigenvalue weighted by atomic mass is 9.84. The van der Waals surface area contributed by atoms with E-state index >= 15 is 0 Å². The standard InChI is InChI=1S/C10H21NO/c1-8-5-4-6-10(8,11)7-9(2)12-3/h8-9H,4-7,11H2,1-3H3. The summed E-state index contributed by atoms with van der Waals surface area (Å²) >= 11 is 0. The van der Waals surface area contributed by atoms with Gasteiger partial charge in [0.2, 0.25) is 0 Å². The maximum absolute atomic E-state index is 6.30. The maximum Gasteiger partial charge on any atom is 0.0560 e. The molecule has 2 heteroatoms. The zero-order valence-electron chi connectivity index (χ0n) is 8.47. The third-order valence-corrected chi connectivity index (χ3v) is 3.33. The van der Waals surface area contributed by atoms with E-state index in [2.05, 4.69) is 13.8 Å². The lowest BCUT2D eigenvalue weighted by Gasteiger charge is -2.31. The molecular formula is C10H21NO. The Hall–Kier alpha value is -0.0800. The molecule has 0 radical (unpaired) electrons. The lowest BCUT2D eigenvalue weighted by molar-refractivity contribution is 0.0804. The van der Waals surface area contributed by atoms with Gasteiger partial charge in [-0.25, -0.2) is 0 Å². The Kier molecular flexibility index (Phi) is 3.13. The van der Waals surface area contributed by atoms with Crippen LogP contribution in [0.25, 0.3) is 0 Å². The third-order valence-electron chi connectivity index (χ3n) is 3.33. The highest BCUT2D eigenvalue weighted by Gasteiger charge is 2.37. The predicted molar refractivity (Wildman–Crippen MR) is 51.0 cm³/mol. The molecule has 0 amide bonds. The van der Waals surface area contributed by atoms with Crippen molar-refractivity contribution in [2.45, 2.75) is 51.2 Å². The van der Waals surface area contributed by atoms with E-state index < -0.39 is 0 Å². The van der Waals surface area contributed by atoms with Crippen LogP contribution in [-0.2, 0) is 4.74 Å². The van der Waals surface area contributed by atoms with Crippen molar-refractivity contribution in [3.63, 3.8) is 0 Å². The summed E-state index contributed by atoms with van der Waals surface area (Å²) in [5, 5.41) is 0. The first-order valence-corrected chi connectivity index (χ1v) is 4.90. The minimum absolute atomic E-state index is 0.0510. The molecule has 72 valence electrons. The first kappa shape index (κ1) is 10.0. The molecule has 3 unspecified atom stereocenters. The number of methoxy groups -OCH3 is 1. The Morgan fingerprint density at radius 2 is 2.33 bits per heavy atom. The van der Waals surface area contributed by atoms with Crippen LogP contribution in [0, 0.1) is 5.92 Å². The van der Waals surface area contributed by atoms with Crippen molar-refractivity contribution in [3.8, 4) is 0 Å². The fourth-order valence-electron chi connectivity index (χ4n) is 2.19. The van der Waals surface area contributed by atoms with Crippen molar-refractivity contribution < 1.29 is 4.74 Å². The summed E-state index contributed by atoms with van der Waals surface area (Å²) in [7, 11) is 1.76. The van der Waals surface area contributed by atoms with E-state index in [1.54, 1.807) is 7.11 Å². The average molecular weight is 171 g/mol. The molecule has 1 saturated carbocycles. The molecule has 0 aromatic heterocycles. The molecule has 0 bridgehead atoms. The van der Waals surface area contributed by atoms with Gasteiger partial charge in [-0.15, -0.1) is 0 Å². The molecule has 1 rings (SSSR count). The molecule has 2 N–H and O–H groups in total. The summed E-state index contributed by atoms with van der Waals surface area (Å²) in [6, 6.07) is 0. The van der Waals surface area contributed by atoms with Gasteiger partial charge in [-0.3, -0.25) is 0 Å². The van der Waals surface area contributed by atoms with Crippen LogP contribution in [0.4, 0.5) is 0 Å². The molecular weight excluding hydrogens is 150 g/mol. The normalized spacial score (nSPS) is 38.5. The zero-order valence-corrected chi connectivity index (χ0v) is 8.47. The molecule has 12 heavy (non-hydrogen) atoms. The van der Waals surface area contributed by atoms with Gasteiger partial charge >= 0.3 is 0 Å². The van der Waals surface area contributed by atoms with E-state index in [0.717, 1.165) is 6.42 Å². The molecule has 3 atom stereocenters. The van der Waals surface area contributed by atoms with Crippen molar-refractivity contribution in [1.82, 2.24) is 0 Å². The van der Waals surface area contributed by atoms with E-state index in [4.69, 9.17) is 10.5 Å². The van der Waals surface area contributed by atoms with Crippen LogP contribution in [0.1, 0.15) is 39.5 Å². The fourth-order valence-corrected chi connectivity index (χ4v) is 2.19. The number of hydrogen-bond acceptors (Lipinski definition) is 2. The second kappa shape index (κ2) is 3.75. The SMILES string of the molecule is COC(C)CC1(N)CCCC1C. The first-order chi connectivity index (χ1) is 5.58. The topological polar surface area (TPSA) is 35.2 Å². The van der Waals surface area contributed by atoms with Gasteiger partial charge in [0.1, 0.15) is 0 Å². The smallest absolute Gasteiger partial charge is 0.0560 e. The minimum Gasteiger partial charge on any atom is -0.382 e. The van der Waals surface area contributed by atoms with Gasteiger partial charge in [0.25, 0.3) is 0 Å². The Balaban J connectivity index is 2.47. The summed E-state index contributed by atoms with van der Waals surface area (Å²) < 4.78 is 5.25. The van der Waals surface area contributed by atoms with E-state index in [0.29, 0.717) is 12.0 Å². The second-order valence-corrected chi connectivity index (χ2v) is 4.28. The summed E-state index contributed by atoms with van der Waals surface area (Å²) in [5.74, 6) is 0.662. The molecule has 0 aromatic rings. The second-order valence-electron chi connectivity index (χ2n) is 4.28. The molecule has 0 spiro atoms. The van der Waals surface area contributed by atoms with Crippen LogP contribution in [0.2, 0.25) is 0 Å². The van der Waals surface area contributed by atoms with Gasteiger partial charge in [0, 0.05) is 12.6 Å². The zero-order chi connectivity index (χ0) is 9.19. The quantitative estimate of drug-likeness (QED) is 0.704. The molecule has 1 aliphatic carbocycles. The van der Waals surface area contributed by atoms with Crippen molar-refractivity contribution in [2.24, 2.45) is 11.7 Å². The first-order valence-electron chi connectivity index (χ1n) is 4.90. The fraction of sp³-hybridized carbons (Fsp3) is 1.00. The van der Waals surface area contributed by atoms with E-state index in [-0.39, 0.29) is 5.54 Å². The van der Waals surface area contributed by atoms with Crippen molar-refractivity contribution in [1.29, 1.82) is 0 Å². The van der Waals surface area contributed by atoms with Gasteiger partial charge in [-0.1, -0.05) is 13.3 Å². The Morgan fingerprint density at radius 1 is 1.67 bits per heavy atom. The molecule has 1 fully saturated rings. The van der Waals surface area contributed by atoms with Gasteiger partial charge in [0.05, 0.1) is 6.10 Å². The van der Waals surface area contributed by atoms with Gasteiger partial charge in [-0.05, 0) is 32.1 Å². The van der Waals surface area contributed by atoms with Gasteiger partial charge < -0.3 is 10.5 Å². The molecule has 0 aliphatic heterocycles. The average Bonchev–Trinajstić information content (AvgIpc) is 2.32. The summed E-state index contributed by atoms with van der Waals surface area (Å²) in [4.78, 5) is 0. The molecule has 0 heterocycles. The number of hydrogen-bond donors (Lipinski definition) is 1. The predicted octanol–water partition coefficient (Wildman–Crippen LogP) is 1.93. The Bertz CT molecular complexity index is 149. The third kappa shape index (κ3) is 1.99. The highest BCUT2D eigenvalue weighted by Crippen LogP contribution is 2.36. The molecule has 0 aromatic carbocycles. The number of rotatable bonds is 3. The van der Waals surface area contributed by atoms with Crippen LogP contribution < -0.4 is 5.73 Å². The van der Waals surface area contributed by atoms with Crippen LogP contribution in [0.15, 0.2) is 0 Å². The van der Waals surface area contributed by atoms with E-state index in [1.807, 2.05) is 0 Å². The summed E-state index contributed by atoms with van der Waals surface area (Å²) in [6.07, 6.45) is 5.05. The van der Waals surface area contributed by atoms with Crippen LogP contribution in [0.5, 0.6) is 0 Å². The maximum atomic E-state index is 6.30.